The molecule has 3 N–H and O–H groups in total. The van der Waals surface area contributed by atoms with Crippen LogP contribution in [-0.2, 0) is 43.0 Å². The molecule has 1 saturated heterocycles. The Kier molecular flexibility index (Phi) is 11.1. The summed E-state index contributed by atoms with van der Waals surface area (Å²) in [4.78, 5) is 38.9. The number of ether oxygens (including phenoxy) is 2. The van der Waals surface area contributed by atoms with Crippen LogP contribution in [0.2, 0.25) is 0 Å². The number of aromatic nitrogens is 1. The van der Waals surface area contributed by atoms with Gasteiger partial charge in [-0.15, -0.1) is 0 Å². The first-order valence-corrected chi connectivity index (χ1v) is 13.9. The van der Waals surface area contributed by atoms with Gasteiger partial charge in [0.05, 0.1) is 36.5 Å². The second kappa shape index (κ2) is 13.9. The molecular weight excluding hydrogens is 547 g/mol. The number of halogens is 3. The van der Waals surface area contributed by atoms with Crippen LogP contribution in [0.25, 0.3) is 0 Å². The monoisotopic (exact) mass is 587 g/mol. The largest absolute Gasteiger partial charge is 0.481 e. The first-order chi connectivity index (χ1) is 19.3. The van der Waals surface area contributed by atoms with Gasteiger partial charge >= 0.3 is 18.1 Å². The van der Waals surface area contributed by atoms with E-state index in [2.05, 4.69) is 24.1 Å². The standard InChI is InChI=1S/C24H34F3N3O3.C4H6O4/c1-15(2)23(7-4-18(11-23)29-20-6-9-33-14-21(20)32-3)22(31)30-8-5-19-16(13-30)10-17(12-28-19)24(25,26)27;5-3(6)1-2-4(7)8/h10,12,15,18,20-21,29H,4-9,11,13-14H2,1-3H3;1-2H2,(H,5,6)(H,7,8)/t18?,20?,21?,23-;/m0./s1. The molecular formula is C28H40F3N3O7. The number of fused-ring (bicyclic) bond motifs is 1. The van der Waals surface area contributed by atoms with E-state index >= 15 is 0 Å². The van der Waals surface area contributed by atoms with Gasteiger partial charge in [0, 0.05) is 57.2 Å². The van der Waals surface area contributed by atoms with Gasteiger partial charge in [0.1, 0.15) is 0 Å². The van der Waals surface area contributed by atoms with Gasteiger partial charge in [0.25, 0.3) is 0 Å². The fourth-order valence-corrected chi connectivity index (χ4v) is 5.90. The summed E-state index contributed by atoms with van der Waals surface area (Å²) in [6.45, 7) is 6.09. The smallest absolute Gasteiger partial charge is 0.417 e. The van der Waals surface area contributed by atoms with Crippen molar-refractivity contribution in [2.45, 2.75) is 89.7 Å². The predicted octanol–water partition coefficient (Wildman–Crippen LogP) is 3.51. The lowest BCUT2D eigenvalue weighted by Gasteiger charge is -2.40. The summed E-state index contributed by atoms with van der Waals surface area (Å²) < 4.78 is 50.6. The average molecular weight is 588 g/mol. The third-order valence-corrected chi connectivity index (χ3v) is 8.34. The Morgan fingerprint density at radius 2 is 1.90 bits per heavy atom. The lowest BCUT2D eigenvalue weighted by molar-refractivity contribution is -0.146. The van der Waals surface area contributed by atoms with E-state index in [1.165, 1.54) is 0 Å². The molecule has 230 valence electrons. The Morgan fingerprint density at radius 3 is 2.49 bits per heavy atom. The van der Waals surface area contributed by atoms with E-state index in [0.717, 1.165) is 37.9 Å². The quantitative estimate of drug-likeness (QED) is 0.417. The number of alkyl halides is 3. The van der Waals surface area contributed by atoms with Gasteiger partial charge in [-0.05, 0) is 43.2 Å². The van der Waals surface area contributed by atoms with Crippen molar-refractivity contribution in [3.8, 4) is 0 Å². The van der Waals surface area contributed by atoms with Gasteiger partial charge in [-0.1, -0.05) is 13.8 Å². The van der Waals surface area contributed by atoms with Crippen molar-refractivity contribution in [2.75, 3.05) is 26.9 Å². The average Bonchev–Trinajstić information content (AvgIpc) is 3.36. The molecule has 0 aromatic carbocycles. The number of aliphatic carboxylic acids is 2. The van der Waals surface area contributed by atoms with Crippen LogP contribution in [-0.4, -0.2) is 83.0 Å². The number of carbonyl (C=O) groups excluding carboxylic acids is 1. The van der Waals surface area contributed by atoms with Crippen LogP contribution in [0.3, 0.4) is 0 Å². The molecule has 1 aromatic heterocycles. The number of carboxylic acid groups (broad SMARTS) is 2. The van der Waals surface area contributed by atoms with E-state index in [1.54, 1.807) is 12.0 Å². The topological polar surface area (TPSA) is 138 Å². The fraction of sp³-hybridized carbons (Fsp3) is 0.714. The van der Waals surface area contributed by atoms with Crippen molar-refractivity contribution in [1.29, 1.82) is 0 Å². The van der Waals surface area contributed by atoms with Crippen LogP contribution in [0.1, 0.15) is 69.2 Å². The second-order valence-electron chi connectivity index (χ2n) is 11.3. The molecule has 41 heavy (non-hydrogen) atoms. The molecule has 2 fully saturated rings. The number of hydrogen-bond acceptors (Lipinski definition) is 7. The minimum Gasteiger partial charge on any atom is -0.481 e. The van der Waals surface area contributed by atoms with Gasteiger partial charge in [-0.3, -0.25) is 19.4 Å². The van der Waals surface area contributed by atoms with Crippen molar-refractivity contribution >= 4 is 17.8 Å². The maximum atomic E-state index is 13.8. The summed E-state index contributed by atoms with van der Waals surface area (Å²) in [6, 6.07) is 1.55. The maximum Gasteiger partial charge on any atom is 0.417 e. The first-order valence-electron chi connectivity index (χ1n) is 13.9. The summed E-state index contributed by atoms with van der Waals surface area (Å²) in [5.41, 5.74) is -0.121. The van der Waals surface area contributed by atoms with E-state index in [-0.39, 0.29) is 49.4 Å². The molecule has 0 radical (unpaired) electrons. The van der Waals surface area contributed by atoms with Crippen molar-refractivity contribution in [3.05, 3.63) is 29.1 Å². The Balaban J connectivity index is 0.000000507. The van der Waals surface area contributed by atoms with Crippen molar-refractivity contribution in [3.63, 3.8) is 0 Å². The Labute approximate surface area is 237 Å². The highest BCUT2D eigenvalue weighted by Gasteiger charge is 2.50. The third-order valence-electron chi connectivity index (χ3n) is 8.34. The molecule has 13 heteroatoms. The number of nitrogens with one attached hydrogen (secondary N) is 1. The summed E-state index contributed by atoms with van der Waals surface area (Å²) in [7, 11) is 1.69. The SMILES string of the molecule is COC1COCCC1NC1CC[C@@](C(=O)N2CCc3ncc(C(F)(F)F)cc3C2)(C(C)C)C1.O=C(O)CCC(=O)O. The van der Waals surface area contributed by atoms with E-state index in [0.29, 0.717) is 37.4 Å². The Morgan fingerprint density at radius 1 is 1.22 bits per heavy atom. The predicted molar refractivity (Wildman–Crippen MR) is 141 cm³/mol. The van der Waals surface area contributed by atoms with E-state index in [9.17, 15) is 27.6 Å². The number of carboxylic acids is 2. The molecule has 1 aromatic rings. The molecule has 10 nitrogen and oxygen atoms in total. The highest BCUT2D eigenvalue weighted by molar-refractivity contribution is 5.84. The minimum atomic E-state index is -4.44. The fourth-order valence-electron chi connectivity index (χ4n) is 5.90. The van der Waals surface area contributed by atoms with Crippen LogP contribution in [0.5, 0.6) is 0 Å². The number of rotatable bonds is 8. The summed E-state index contributed by atoms with van der Waals surface area (Å²) >= 11 is 0. The molecule has 3 aliphatic rings. The van der Waals surface area contributed by atoms with Gasteiger partial charge in [0.15, 0.2) is 0 Å². The number of pyridine rings is 1. The van der Waals surface area contributed by atoms with Crippen molar-refractivity contribution < 1.29 is 47.2 Å². The first kappa shape index (κ1) is 32.7. The van der Waals surface area contributed by atoms with Crippen molar-refractivity contribution in [2.24, 2.45) is 11.3 Å². The summed E-state index contributed by atoms with van der Waals surface area (Å²) in [5, 5.41) is 19.5. The van der Waals surface area contributed by atoms with Crippen LogP contribution >= 0.6 is 0 Å². The maximum absolute atomic E-state index is 13.8. The molecule has 2 aliphatic heterocycles. The zero-order chi connectivity index (χ0) is 30.4. The van der Waals surface area contributed by atoms with Crippen LogP contribution in [0.15, 0.2) is 12.3 Å². The van der Waals surface area contributed by atoms with Gasteiger partial charge < -0.3 is 29.9 Å². The molecule has 4 atom stereocenters. The molecule has 0 spiro atoms. The molecule has 4 rings (SSSR count). The van der Waals surface area contributed by atoms with E-state index in [1.807, 2.05) is 0 Å². The van der Waals surface area contributed by atoms with Crippen LogP contribution in [0, 0.1) is 11.3 Å². The van der Waals surface area contributed by atoms with Crippen LogP contribution in [0.4, 0.5) is 13.2 Å². The van der Waals surface area contributed by atoms with Gasteiger partial charge in [-0.25, -0.2) is 0 Å². The molecule has 1 aliphatic carbocycles. The lowest BCUT2D eigenvalue weighted by Crippen LogP contribution is -2.52. The lowest BCUT2D eigenvalue weighted by atomic mass is 9.74. The number of nitrogens with zero attached hydrogens (tertiary/aromatic N) is 2. The molecule has 3 heterocycles. The summed E-state index contributed by atoms with van der Waals surface area (Å²) in [6.07, 6.45) is -0.412. The van der Waals surface area contributed by atoms with Gasteiger partial charge in [0.2, 0.25) is 5.91 Å². The molecule has 1 amide bonds. The number of methoxy groups -OCH3 is 1. The van der Waals surface area contributed by atoms with Crippen LogP contribution < -0.4 is 5.32 Å². The van der Waals surface area contributed by atoms with E-state index in [4.69, 9.17) is 19.7 Å². The number of amides is 1. The normalized spacial score (nSPS) is 26.2. The van der Waals surface area contributed by atoms with Gasteiger partial charge in [-0.2, -0.15) is 13.2 Å². The second-order valence-corrected chi connectivity index (χ2v) is 11.3. The van der Waals surface area contributed by atoms with Crippen molar-refractivity contribution in [1.82, 2.24) is 15.2 Å². The Bertz CT molecular complexity index is 1070. The number of hydrogen-bond donors (Lipinski definition) is 3. The highest BCUT2D eigenvalue weighted by Crippen LogP contribution is 2.47. The number of carbonyl (C=O) groups is 3. The summed E-state index contributed by atoms with van der Waals surface area (Å²) in [5.74, 6) is -1.97. The molecule has 3 unspecified atom stereocenters. The van der Waals surface area contributed by atoms with E-state index < -0.39 is 29.1 Å². The minimum absolute atomic E-state index is 0.00238. The zero-order valence-corrected chi connectivity index (χ0v) is 23.7. The highest BCUT2D eigenvalue weighted by atomic mass is 19.4. The Hall–Kier alpha value is -2.77. The molecule has 1 saturated carbocycles. The zero-order valence-electron chi connectivity index (χ0n) is 23.7. The third kappa shape index (κ3) is 8.39. The molecule has 0 bridgehead atoms.